The third kappa shape index (κ3) is 4.83. The molecule has 28 heavy (non-hydrogen) atoms. The second-order valence-corrected chi connectivity index (χ2v) is 7.37. The van der Waals surface area contributed by atoms with Crippen LogP contribution >= 0.6 is 11.6 Å². The number of nitrogens with one attached hydrogen (secondary N) is 2. The van der Waals surface area contributed by atoms with Crippen molar-refractivity contribution in [3.63, 3.8) is 0 Å². The van der Waals surface area contributed by atoms with Gasteiger partial charge in [-0.2, -0.15) is 13.2 Å². The lowest BCUT2D eigenvalue weighted by Gasteiger charge is -2.29. The number of benzene rings is 1. The average Bonchev–Trinajstić information content (AvgIpc) is 2.67. The van der Waals surface area contributed by atoms with Crippen LogP contribution in [0, 0.1) is 5.92 Å². The summed E-state index contributed by atoms with van der Waals surface area (Å²) in [5.74, 6) is -0.360. The summed E-state index contributed by atoms with van der Waals surface area (Å²) in [6, 6.07) is 6.75. The van der Waals surface area contributed by atoms with Crippen LogP contribution in [-0.2, 0) is 6.18 Å². The lowest BCUT2D eigenvalue weighted by molar-refractivity contribution is -0.137. The summed E-state index contributed by atoms with van der Waals surface area (Å²) < 4.78 is 40.3. The number of carbonyl (C=O) groups excluding carboxylic acids is 1. The van der Waals surface area contributed by atoms with Crippen LogP contribution < -0.4 is 10.6 Å². The summed E-state index contributed by atoms with van der Waals surface area (Å²) in [5.41, 5.74) is -0.0160. The Labute approximate surface area is 166 Å². The van der Waals surface area contributed by atoms with E-state index in [0.29, 0.717) is 11.5 Å². The number of carbonyl (C=O) groups is 1. The summed E-state index contributed by atoms with van der Waals surface area (Å²) in [4.78, 5) is 16.3. The van der Waals surface area contributed by atoms with Crippen molar-refractivity contribution in [2.75, 3.05) is 18.4 Å². The van der Waals surface area contributed by atoms with Gasteiger partial charge < -0.3 is 10.6 Å². The van der Waals surface area contributed by atoms with Crippen LogP contribution in [0.5, 0.6) is 0 Å². The zero-order chi connectivity index (χ0) is 20.3. The first kappa shape index (κ1) is 20.6. The first-order chi connectivity index (χ1) is 13.3. The molecular formula is C20H21ClF3N3O. The van der Waals surface area contributed by atoms with Crippen LogP contribution in [0.3, 0.4) is 0 Å². The van der Waals surface area contributed by atoms with Crippen LogP contribution in [0.4, 0.5) is 18.9 Å². The molecule has 2 N–H and O–H groups in total. The lowest BCUT2D eigenvalue weighted by atomic mass is 9.81. The predicted molar refractivity (Wildman–Crippen MR) is 103 cm³/mol. The van der Waals surface area contributed by atoms with Gasteiger partial charge in [-0.3, -0.25) is 4.79 Å². The largest absolute Gasteiger partial charge is 0.416 e. The van der Waals surface area contributed by atoms with E-state index in [2.05, 4.69) is 15.6 Å². The number of halogens is 4. The maximum atomic E-state index is 13.4. The average molecular weight is 412 g/mol. The van der Waals surface area contributed by atoms with Gasteiger partial charge in [-0.15, -0.1) is 0 Å². The van der Waals surface area contributed by atoms with Gasteiger partial charge >= 0.3 is 6.18 Å². The molecule has 3 rings (SSSR count). The maximum Gasteiger partial charge on any atom is 0.416 e. The minimum absolute atomic E-state index is 0.00438. The van der Waals surface area contributed by atoms with Gasteiger partial charge in [0.1, 0.15) is 5.15 Å². The van der Waals surface area contributed by atoms with Crippen molar-refractivity contribution in [1.29, 1.82) is 0 Å². The van der Waals surface area contributed by atoms with Gasteiger partial charge in [-0.05, 0) is 73.7 Å². The van der Waals surface area contributed by atoms with E-state index in [1.807, 2.05) is 6.92 Å². The fraction of sp³-hybridized carbons (Fsp3) is 0.400. The van der Waals surface area contributed by atoms with Crippen molar-refractivity contribution in [3.8, 4) is 0 Å². The van der Waals surface area contributed by atoms with E-state index in [1.165, 1.54) is 24.4 Å². The van der Waals surface area contributed by atoms with Crippen LogP contribution in [0.2, 0.25) is 5.15 Å². The van der Waals surface area contributed by atoms with E-state index >= 15 is 0 Å². The molecule has 2 aromatic rings. The molecule has 2 heterocycles. The minimum atomic E-state index is -4.50. The minimum Gasteiger partial charge on any atom is -0.322 e. The van der Waals surface area contributed by atoms with Crippen molar-refractivity contribution in [3.05, 3.63) is 58.4 Å². The van der Waals surface area contributed by atoms with E-state index in [1.54, 1.807) is 6.07 Å². The number of nitrogens with zero attached hydrogens (tertiary/aromatic N) is 1. The molecule has 1 unspecified atom stereocenters. The Bertz CT molecular complexity index is 851. The Kier molecular flexibility index (Phi) is 6.25. The number of hydrogen-bond donors (Lipinski definition) is 2. The van der Waals surface area contributed by atoms with Crippen LogP contribution in [0.1, 0.15) is 47.2 Å². The van der Waals surface area contributed by atoms with Crippen LogP contribution in [0.25, 0.3) is 0 Å². The Morgan fingerprint density at radius 1 is 1.29 bits per heavy atom. The molecule has 1 amide bonds. The fourth-order valence-electron chi connectivity index (χ4n) is 3.52. The topological polar surface area (TPSA) is 54.0 Å². The number of amides is 1. The number of rotatable bonds is 4. The number of hydrogen-bond acceptors (Lipinski definition) is 3. The van der Waals surface area contributed by atoms with E-state index in [0.717, 1.165) is 32.0 Å². The molecule has 0 bridgehead atoms. The van der Waals surface area contributed by atoms with Gasteiger partial charge in [-0.1, -0.05) is 18.5 Å². The Hall–Kier alpha value is -2.12. The molecule has 0 saturated carbocycles. The molecule has 4 nitrogen and oxygen atoms in total. The predicted octanol–water partition coefficient (Wildman–Crippen LogP) is 5.11. The van der Waals surface area contributed by atoms with Crippen LogP contribution in [-0.4, -0.2) is 24.0 Å². The van der Waals surface area contributed by atoms with Gasteiger partial charge in [0.15, 0.2) is 0 Å². The molecule has 1 saturated heterocycles. The highest BCUT2D eigenvalue weighted by Gasteiger charge is 2.32. The summed E-state index contributed by atoms with van der Waals surface area (Å²) >= 11 is 5.91. The van der Waals surface area contributed by atoms with Gasteiger partial charge in [0.2, 0.25) is 0 Å². The van der Waals surface area contributed by atoms with Crippen molar-refractivity contribution in [2.45, 2.75) is 31.9 Å². The zero-order valence-corrected chi connectivity index (χ0v) is 16.1. The Morgan fingerprint density at radius 3 is 2.64 bits per heavy atom. The van der Waals surface area contributed by atoms with Crippen molar-refractivity contribution in [1.82, 2.24) is 10.3 Å². The van der Waals surface area contributed by atoms with Crippen molar-refractivity contribution >= 4 is 23.2 Å². The second-order valence-electron chi connectivity index (χ2n) is 7.01. The third-order valence-electron chi connectivity index (χ3n) is 5.16. The molecule has 1 atom stereocenters. The summed E-state index contributed by atoms with van der Waals surface area (Å²) in [6.07, 6.45) is -1.26. The van der Waals surface area contributed by atoms with Gasteiger partial charge in [0.25, 0.3) is 5.91 Å². The van der Waals surface area contributed by atoms with Crippen LogP contribution in [0.15, 0.2) is 36.5 Å². The van der Waals surface area contributed by atoms with Crippen molar-refractivity contribution in [2.24, 2.45) is 5.92 Å². The molecule has 0 spiro atoms. The molecule has 1 aromatic heterocycles. The van der Waals surface area contributed by atoms with E-state index in [-0.39, 0.29) is 22.3 Å². The molecule has 0 radical (unpaired) electrons. The number of anilines is 1. The van der Waals surface area contributed by atoms with Gasteiger partial charge in [0.05, 0.1) is 11.1 Å². The fourth-order valence-corrected chi connectivity index (χ4v) is 3.73. The van der Waals surface area contributed by atoms with Gasteiger partial charge in [-0.25, -0.2) is 4.98 Å². The first-order valence-electron chi connectivity index (χ1n) is 9.10. The SMILES string of the molecule is CC(c1cc(NC(=O)c2cccnc2Cl)cc(C(F)(F)F)c1)C1CCNCC1. The number of piperidine rings is 1. The summed E-state index contributed by atoms with van der Waals surface area (Å²) in [6.45, 7) is 3.66. The van der Waals surface area contributed by atoms with E-state index in [4.69, 9.17) is 11.6 Å². The Morgan fingerprint density at radius 2 is 2.00 bits per heavy atom. The molecule has 1 aliphatic heterocycles. The third-order valence-corrected chi connectivity index (χ3v) is 5.46. The normalized spacial score (nSPS) is 16.6. The molecule has 150 valence electrons. The summed E-state index contributed by atoms with van der Waals surface area (Å²) in [5, 5.41) is 5.79. The molecule has 1 aliphatic rings. The molecule has 0 aliphatic carbocycles. The van der Waals surface area contributed by atoms with Gasteiger partial charge in [0, 0.05) is 11.9 Å². The number of alkyl halides is 3. The second kappa shape index (κ2) is 8.49. The maximum absolute atomic E-state index is 13.4. The monoisotopic (exact) mass is 411 g/mol. The molecular weight excluding hydrogens is 391 g/mol. The smallest absolute Gasteiger partial charge is 0.322 e. The quantitative estimate of drug-likeness (QED) is 0.687. The first-order valence-corrected chi connectivity index (χ1v) is 9.48. The van der Waals surface area contributed by atoms with E-state index in [9.17, 15) is 18.0 Å². The molecule has 1 fully saturated rings. The lowest BCUT2D eigenvalue weighted by Crippen LogP contribution is -2.30. The summed E-state index contributed by atoms with van der Waals surface area (Å²) in [7, 11) is 0. The molecule has 1 aromatic carbocycles. The van der Waals surface area contributed by atoms with Crippen molar-refractivity contribution < 1.29 is 18.0 Å². The number of aromatic nitrogens is 1. The highest BCUT2D eigenvalue weighted by Crippen LogP contribution is 2.37. The Balaban J connectivity index is 1.91. The van der Waals surface area contributed by atoms with E-state index < -0.39 is 17.6 Å². The highest BCUT2D eigenvalue weighted by atomic mass is 35.5. The highest BCUT2D eigenvalue weighted by molar-refractivity contribution is 6.33. The standard InChI is InChI=1S/C20H21ClF3N3O/c1-12(13-4-7-25-8-5-13)14-9-15(20(22,23)24)11-16(10-14)27-19(28)17-3-2-6-26-18(17)21/h2-3,6,9-13,25H,4-5,7-8H2,1H3,(H,27,28). The molecule has 8 heteroatoms. The number of pyridine rings is 1. The zero-order valence-electron chi connectivity index (χ0n) is 15.3.